The lowest BCUT2D eigenvalue weighted by Crippen LogP contribution is -2.52. The number of hydrogen-bond donors (Lipinski definition) is 1. The van der Waals surface area contributed by atoms with Crippen molar-refractivity contribution in [3.63, 3.8) is 0 Å². The maximum atomic E-state index is 13.3. The maximum absolute atomic E-state index is 13.3. The van der Waals surface area contributed by atoms with Gasteiger partial charge in [-0.25, -0.2) is 4.79 Å². The molecule has 5 nitrogen and oxygen atoms in total. The Hall–Kier alpha value is -3.02. The van der Waals surface area contributed by atoms with Crippen molar-refractivity contribution in [3.05, 3.63) is 102 Å². The number of esters is 1. The number of aromatic nitrogens is 1. The minimum Gasteiger partial charge on any atom is -0.457 e. The van der Waals surface area contributed by atoms with Crippen LogP contribution < -0.4 is 0 Å². The van der Waals surface area contributed by atoms with E-state index in [0.717, 1.165) is 36.8 Å². The van der Waals surface area contributed by atoms with E-state index in [9.17, 15) is 9.90 Å². The van der Waals surface area contributed by atoms with E-state index in [-0.39, 0.29) is 6.04 Å². The summed E-state index contributed by atoms with van der Waals surface area (Å²) in [6, 6.07) is 22.3. The molecule has 0 spiro atoms. The Balaban J connectivity index is 1.48. The first kappa shape index (κ1) is 22.2. The van der Waals surface area contributed by atoms with Crippen LogP contribution in [0.4, 0.5) is 0 Å². The van der Waals surface area contributed by atoms with Crippen LogP contribution in [0.25, 0.3) is 0 Å². The van der Waals surface area contributed by atoms with Crippen LogP contribution in [0.1, 0.15) is 29.5 Å². The number of quaternary nitrogens is 1. The lowest BCUT2D eigenvalue weighted by atomic mass is 9.86. The fourth-order valence-corrected chi connectivity index (χ4v) is 4.71. The van der Waals surface area contributed by atoms with Crippen molar-refractivity contribution in [1.82, 2.24) is 4.98 Å². The average Bonchev–Trinajstić information content (AvgIpc) is 3.23. The number of aliphatic hydroxyl groups is 1. The van der Waals surface area contributed by atoms with Crippen molar-refractivity contribution in [2.24, 2.45) is 0 Å². The molecule has 1 N–H and O–H groups in total. The Bertz CT molecular complexity index is 971. The summed E-state index contributed by atoms with van der Waals surface area (Å²) in [7, 11) is 2.24. The number of ether oxygens (including phenoxy) is 1. The molecular weight excluding hydrogens is 400 g/mol. The Kier molecular flexibility index (Phi) is 6.68. The molecule has 2 heterocycles. The number of rotatable bonds is 8. The highest BCUT2D eigenvalue weighted by atomic mass is 16.6. The highest BCUT2D eigenvalue weighted by molar-refractivity contribution is 5.85. The van der Waals surface area contributed by atoms with Crippen LogP contribution in [0, 0.1) is 0 Å². The van der Waals surface area contributed by atoms with Crippen molar-refractivity contribution < 1.29 is 19.1 Å². The van der Waals surface area contributed by atoms with Gasteiger partial charge in [0.15, 0.2) is 0 Å². The van der Waals surface area contributed by atoms with Crippen LogP contribution in [-0.2, 0) is 21.6 Å². The Morgan fingerprint density at radius 2 is 1.72 bits per heavy atom. The van der Waals surface area contributed by atoms with Gasteiger partial charge in [-0.3, -0.25) is 4.98 Å². The van der Waals surface area contributed by atoms with Crippen molar-refractivity contribution >= 4 is 5.97 Å². The van der Waals surface area contributed by atoms with Gasteiger partial charge in [-0.05, 0) is 22.8 Å². The summed E-state index contributed by atoms with van der Waals surface area (Å²) in [5.41, 5.74) is 0.408. The fourth-order valence-electron chi connectivity index (χ4n) is 4.71. The molecule has 0 aliphatic carbocycles. The second-order valence-electron chi connectivity index (χ2n) is 8.87. The SMILES string of the molecule is C[N+]1(CCc2cccnc2)CCC[C@@H]1COC(=O)C(O)(c1ccccc1)c1ccccc1. The Morgan fingerprint density at radius 1 is 1.06 bits per heavy atom. The molecule has 0 bridgehead atoms. The van der Waals surface area contributed by atoms with Gasteiger partial charge in [-0.2, -0.15) is 0 Å². The van der Waals surface area contributed by atoms with E-state index in [1.165, 1.54) is 5.56 Å². The van der Waals surface area contributed by atoms with Gasteiger partial charge in [-0.15, -0.1) is 0 Å². The van der Waals surface area contributed by atoms with Crippen molar-refractivity contribution in [3.8, 4) is 0 Å². The van der Waals surface area contributed by atoms with E-state index < -0.39 is 11.6 Å². The molecule has 32 heavy (non-hydrogen) atoms. The number of carbonyl (C=O) groups is 1. The van der Waals surface area contributed by atoms with E-state index in [0.29, 0.717) is 17.7 Å². The normalized spacial score (nSPS) is 20.8. The molecule has 0 saturated carbocycles. The molecule has 1 aliphatic rings. The first-order valence-electron chi connectivity index (χ1n) is 11.3. The largest absolute Gasteiger partial charge is 0.457 e. The standard InChI is InChI=1S/C27H31N2O3/c1-29(19-16-22-10-8-17-28-20-22)18-9-15-25(29)21-32-26(30)27(31,23-11-4-2-5-12-23)24-13-6-3-7-14-24/h2-8,10-14,17,20,25,31H,9,15-16,18-19,21H2,1H3/q+1/t25-,29?/m1/s1. The van der Waals surface area contributed by atoms with E-state index in [4.69, 9.17) is 4.74 Å². The molecule has 5 heteroatoms. The summed E-state index contributed by atoms with van der Waals surface area (Å²) in [6.07, 6.45) is 6.75. The van der Waals surface area contributed by atoms with Gasteiger partial charge in [0, 0.05) is 31.7 Å². The average molecular weight is 432 g/mol. The number of nitrogens with zero attached hydrogens (tertiary/aromatic N) is 2. The zero-order chi connectivity index (χ0) is 22.4. The van der Waals surface area contributed by atoms with Gasteiger partial charge in [0.25, 0.3) is 0 Å². The van der Waals surface area contributed by atoms with E-state index in [2.05, 4.69) is 18.1 Å². The van der Waals surface area contributed by atoms with Crippen LogP contribution in [0.3, 0.4) is 0 Å². The van der Waals surface area contributed by atoms with E-state index in [1.54, 1.807) is 30.5 Å². The first-order valence-corrected chi connectivity index (χ1v) is 11.3. The molecule has 1 unspecified atom stereocenters. The molecule has 166 valence electrons. The molecule has 1 fully saturated rings. The van der Waals surface area contributed by atoms with Crippen LogP contribution in [-0.4, -0.2) is 53.3 Å². The zero-order valence-corrected chi connectivity index (χ0v) is 18.6. The smallest absolute Gasteiger partial charge is 0.347 e. The minimum absolute atomic E-state index is 0.214. The molecule has 0 amide bonds. The van der Waals surface area contributed by atoms with Gasteiger partial charge in [0.1, 0.15) is 12.6 Å². The van der Waals surface area contributed by atoms with Crippen molar-refractivity contribution in [2.75, 3.05) is 26.7 Å². The number of carbonyl (C=O) groups excluding carboxylic acids is 1. The lowest BCUT2D eigenvalue weighted by Gasteiger charge is -2.36. The number of hydrogen-bond acceptors (Lipinski definition) is 4. The number of likely N-dealkylation sites (tertiary alicyclic amines) is 1. The number of pyridine rings is 1. The van der Waals surface area contributed by atoms with Gasteiger partial charge in [0.05, 0.1) is 20.1 Å². The van der Waals surface area contributed by atoms with Crippen LogP contribution in [0.15, 0.2) is 85.2 Å². The van der Waals surface area contributed by atoms with Crippen molar-refractivity contribution in [2.45, 2.75) is 30.9 Å². The summed E-state index contributed by atoms with van der Waals surface area (Å²) in [5, 5.41) is 11.6. The minimum atomic E-state index is -1.83. The van der Waals surface area contributed by atoms with Crippen LogP contribution in [0.5, 0.6) is 0 Å². The summed E-state index contributed by atoms with van der Waals surface area (Å²) < 4.78 is 6.69. The predicted octanol–water partition coefficient (Wildman–Crippen LogP) is 3.71. The van der Waals surface area contributed by atoms with Crippen LogP contribution in [0.2, 0.25) is 0 Å². The fraction of sp³-hybridized carbons (Fsp3) is 0.333. The van der Waals surface area contributed by atoms with Gasteiger partial charge >= 0.3 is 5.97 Å². The molecule has 1 aliphatic heterocycles. The first-order chi connectivity index (χ1) is 15.5. The maximum Gasteiger partial charge on any atom is 0.347 e. The Labute approximate surface area is 189 Å². The summed E-state index contributed by atoms with van der Waals surface area (Å²) >= 11 is 0. The molecule has 1 aromatic heterocycles. The van der Waals surface area contributed by atoms with Gasteiger partial charge in [-0.1, -0.05) is 66.7 Å². The second kappa shape index (κ2) is 9.63. The van der Waals surface area contributed by atoms with Gasteiger partial charge < -0.3 is 14.3 Å². The van der Waals surface area contributed by atoms with E-state index in [1.807, 2.05) is 48.7 Å². The third-order valence-corrected chi connectivity index (χ3v) is 6.81. The predicted molar refractivity (Wildman–Crippen MR) is 124 cm³/mol. The lowest BCUT2D eigenvalue weighted by molar-refractivity contribution is -0.921. The second-order valence-corrected chi connectivity index (χ2v) is 8.87. The topological polar surface area (TPSA) is 59.4 Å². The van der Waals surface area contributed by atoms with Crippen LogP contribution >= 0.6 is 0 Å². The molecule has 4 rings (SSSR count). The van der Waals surface area contributed by atoms with Crippen molar-refractivity contribution in [1.29, 1.82) is 0 Å². The van der Waals surface area contributed by atoms with E-state index >= 15 is 0 Å². The monoisotopic (exact) mass is 431 g/mol. The molecule has 2 atom stereocenters. The third kappa shape index (κ3) is 4.59. The van der Waals surface area contributed by atoms with Gasteiger partial charge in [0.2, 0.25) is 5.60 Å². The zero-order valence-electron chi connectivity index (χ0n) is 18.6. The highest BCUT2D eigenvalue weighted by Crippen LogP contribution is 2.32. The summed E-state index contributed by atoms with van der Waals surface area (Å²) in [4.78, 5) is 17.5. The highest BCUT2D eigenvalue weighted by Gasteiger charge is 2.44. The quantitative estimate of drug-likeness (QED) is 0.436. The molecule has 3 aromatic rings. The molecular formula is C27H31N2O3+. The number of likely N-dealkylation sites (N-methyl/N-ethyl adjacent to an activating group) is 1. The molecule has 1 saturated heterocycles. The Morgan fingerprint density at radius 3 is 2.31 bits per heavy atom. The molecule has 0 radical (unpaired) electrons. The number of benzene rings is 2. The summed E-state index contributed by atoms with van der Waals surface area (Å²) in [6.45, 7) is 2.32. The molecule has 2 aromatic carbocycles. The summed E-state index contributed by atoms with van der Waals surface area (Å²) in [5.74, 6) is -0.624. The third-order valence-electron chi connectivity index (χ3n) is 6.81.